The molecule has 1 aliphatic rings. The minimum absolute atomic E-state index is 0.00549. The van der Waals surface area contributed by atoms with Crippen LogP contribution in [0.4, 0.5) is 0 Å². The van der Waals surface area contributed by atoms with Crippen molar-refractivity contribution in [2.45, 2.75) is 19.1 Å². The van der Waals surface area contributed by atoms with Gasteiger partial charge in [-0.2, -0.15) is 0 Å². The zero-order valence-electron chi connectivity index (χ0n) is 11.0. The van der Waals surface area contributed by atoms with Crippen LogP contribution in [0.3, 0.4) is 0 Å². The number of nitrogens with zero attached hydrogens (tertiary/aromatic N) is 3. The summed E-state index contributed by atoms with van der Waals surface area (Å²) in [6, 6.07) is 3.54. The topological polar surface area (TPSA) is 56.7 Å². The normalized spacial score (nSPS) is 23.7. The van der Waals surface area contributed by atoms with Crippen LogP contribution in [0.25, 0.3) is 0 Å². The first-order valence-corrected chi connectivity index (χ1v) is 6.06. The maximum absolute atomic E-state index is 12.3. The Morgan fingerprint density at radius 1 is 1.50 bits per heavy atom. The van der Waals surface area contributed by atoms with E-state index >= 15 is 0 Å². The van der Waals surface area contributed by atoms with Crippen LogP contribution in [0.2, 0.25) is 0 Å². The predicted molar refractivity (Wildman–Crippen MR) is 68.4 cm³/mol. The highest BCUT2D eigenvalue weighted by molar-refractivity contribution is 5.95. The van der Waals surface area contributed by atoms with Crippen LogP contribution in [0, 0.1) is 6.92 Å². The van der Waals surface area contributed by atoms with Crippen LogP contribution in [-0.4, -0.2) is 65.1 Å². The molecular formula is C13H19N3O2. The van der Waals surface area contributed by atoms with E-state index in [1.807, 2.05) is 25.9 Å². The zero-order valence-corrected chi connectivity index (χ0v) is 11.0. The third-order valence-corrected chi connectivity index (χ3v) is 3.45. The first-order chi connectivity index (χ1) is 8.50. The van der Waals surface area contributed by atoms with Gasteiger partial charge in [0.15, 0.2) is 0 Å². The van der Waals surface area contributed by atoms with Crippen LogP contribution >= 0.6 is 0 Å². The Balaban J connectivity index is 2.15. The number of likely N-dealkylation sites (tertiary alicyclic amines) is 1. The highest BCUT2D eigenvalue weighted by Gasteiger charge is 2.35. The molecule has 0 bridgehead atoms. The number of carbonyl (C=O) groups is 1. The molecule has 5 nitrogen and oxygen atoms in total. The number of aryl methyl sites for hydroxylation is 1. The van der Waals surface area contributed by atoms with E-state index in [-0.39, 0.29) is 11.9 Å². The molecule has 2 atom stereocenters. The maximum Gasteiger partial charge on any atom is 0.255 e. The molecule has 1 N–H and O–H groups in total. The van der Waals surface area contributed by atoms with Gasteiger partial charge in [0.2, 0.25) is 0 Å². The quantitative estimate of drug-likeness (QED) is 0.810. The highest BCUT2D eigenvalue weighted by atomic mass is 16.3. The molecule has 0 aromatic carbocycles. The third kappa shape index (κ3) is 2.37. The molecule has 2 rings (SSSR count). The number of likely N-dealkylation sites (N-methyl/N-ethyl adjacent to an activating group) is 1. The van der Waals surface area contributed by atoms with Gasteiger partial charge in [0, 0.05) is 25.0 Å². The number of β-amino-alcohol motifs (C(OH)–C–C–N with tert-alkyl or cyclic N) is 1. The van der Waals surface area contributed by atoms with Gasteiger partial charge < -0.3 is 14.9 Å². The molecule has 0 spiro atoms. The number of aromatic nitrogens is 1. The third-order valence-electron chi connectivity index (χ3n) is 3.45. The van der Waals surface area contributed by atoms with Gasteiger partial charge in [-0.15, -0.1) is 0 Å². The summed E-state index contributed by atoms with van der Waals surface area (Å²) in [6.45, 7) is 2.76. The van der Waals surface area contributed by atoms with Crippen LogP contribution in [-0.2, 0) is 0 Å². The van der Waals surface area contributed by atoms with Crippen LogP contribution in [0.1, 0.15) is 16.1 Å². The van der Waals surface area contributed by atoms with Crippen molar-refractivity contribution in [3.05, 3.63) is 29.6 Å². The summed E-state index contributed by atoms with van der Waals surface area (Å²) in [5, 5.41) is 9.94. The Labute approximate surface area is 107 Å². The van der Waals surface area contributed by atoms with Gasteiger partial charge in [0.25, 0.3) is 5.91 Å². The molecule has 0 aliphatic carbocycles. The molecule has 2 heterocycles. The molecule has 0 radical (unpaired) electrons. The van der Waals surface area contributed by atoms with E-state index in [9.17, 15) is 9.90 Å². The molecule has 1 aromatic heterocycles. The van der Waals surface area contributed by atoms with E-state index in [1.165, 1.54) is 0 Å². The Kier molecular flexibility index (Phi) is 3.63. The van der Waals surface area contributed by atoms with Gasteiger partial charge >= 0.3 is 0 Å². The van der Waals surface area contributed by atoms with E-state index in [1.54, 1.807) is 23.2 Å². The van der Waals surface area contributed by atoms with Gasteiger partial charge in [0.05, 0.1) is 17.7 Å². The van der Waals surface area contributed by atoms with Crippen molar-refractivity contribution in [1.29, 1.82) is 0 Å². The molecule has 1 aromatic rings. The van der Waals surface area contributed by atoms with Crippen LogP contribution in [0.5, 0.6) is 0 Å². The largest absolute Gasteiger partial charge is 0.390 e. The van der Waals surface area contributed by atoms with Gasteiger partial charge in [-0.25, -0.2) is 0 Å². The number of aliphatic hydroxyl groups excluding tert-OH is 1. The number of pyridine rings is 1. The highest BCUT2D eigenvalue weighted by Crippen LogP contribution is 2.18. The number of hydrogen-bond acceptors (Lipinski definition) is 4. The van der Waals surface area contributed by atoms with Gasteiger partial charge in [-0.05, 0) is 33.2 Å². The number of rotatable bonds is 2. The lowest BCUT2D eigenvalue weighted by molar-refractivity contribution is 0.0763. The molecule has 1 aliphatic heterocycles. The van der Waals surface area contributed by atoms with E-state index in [0.717, 1.165) is 5.69 Å². The predicted octanol–water partition coefficient (Wildman–Crippen LogP) is 0.137. The average Bonchev–Trinajstić information content (AvgIpc) is 2.71. The molecule has 5 heteroatoms. The number of carbonyl (C=O) groups excluding carboxylic acids is 1. The Hall–Kier alpha value is -1.46. The Morgan fingerprint density at radius 3 is 2.78 bits per heavy atom. The first kappa shape index (κ1) is 13.0. The van der Waals surface area contributed by atoms with E-state index in [0.29, 0.717) is 18.7 Å². The van der Waals surface area contributed by atoms with Crippen molar-refractivity contribution < 1.29 is 9.90 Å². The second-order valence-electron chi connectivity index (χ2n) is 4.94. The SMILES string of the molecule is Cc1ncccc1C(=O)N1C[C@@H](O)[C@H](N(C)C)C1. The zero-order chi connectivity index (χ0) is 13.3. The van der Waals surface area contributed by atoms with Crippen molar-refractivity contribution >= 4 is 5.91 Å². The summed E-state index contributed by atoms with van der Waals surface area (Å²) in [5.74, 6) is -0.0519. The van der Waals surface area contributed by atoms with E-state index in [2.05, 4.69) is 4.98 Å². The van der Waals surface area contributed by atoms with Crippen molar-refractivity contribution in [3.8, 4) is 0 Å². The average molecular weight is 249 g/mol. The van der Waals surface area contributed by atoms with Gasteiger partial charge in [-0.1, -0.05) is 0 Å². The van der Waals surface area contributed by atoms with Crippen LogP contribution < -0.4 is 0 Å². The number of hydrogen-bond donors (Lipinski definition) is 1. The smallest absolute Gasteiger partial charge is 0.255 e. The summed E-state index contributed by atoms with van der Waals surface area (Å²) in [4.78, 5) is 20.1. The fourth-order valence-electron chi connectivity index (χ4n) is 2.32. The first-order valence-electron chi connectivity index (χ1n) is 6.06. The number of amides is 1. The minimum atomic E-state index is -0.485. The van der Waals surface area contributed by atoms with E-state index in [4.69, 9.17) is 0 Å². The second-order valence-corrected chi connectivity index (χ2v) is 4.94. The summed E-state index contributed by atoms with van der Waals surface area (Å²) in [6.07, 6.45) is 1.19. The second kappa shape index (κ2) is 5.04. The molecule has 98 valence electrons. The summed E-state index contributed by atoms with van der Waals surface area (Å²) < 4.78 is 0. The monoisotopic (exact) mass is 249 g/mol. The molecule has 0 unspecified atom stereocenters. The summed E-state index contributed by atoms with van der Waals surface area (Å²) in [5.41, 5.74) is 1.34. The van der Waals surface area contributed by atoms with Gasteiger partial charge in [-0.3, -0.25) is 9.78 Å². The molecule has 18 heavy (non-hydrogen) atoms. The van der Waals surface area contributed by atoms with Crippen molar-refractivity contribution in [3.63, 3.8) is 0 Å². The molecule has 1 saturated heterocycles. The van der Waals surface area contributed by atoms with E-state index < -0.39 is 6.10 Å². The fourth-order valence-corrected chi connectivity index (χ4v) is 2.32. The molecule has 0 saturated carbocycles. The van der Waals surface area contributed by atoms with Crippen LogP contribution in [0.15, 0.2) is 18.3 Å². The molecule has 1 fully saturated rings. The molecular weight excluding hydrogens is 230 g/mol. The lowest BCUT2D eigenvalue weighted by Gasteiger charge is -2.21. The number of aliphatic hydroxyl groups is 1. The maximum atomic E-state index is 12.3. The van der Waals surface area contributed by atoms with Gasteiger partial charge in [0.1, 0.15) is 0 Å². The fraction of sp³-hybridized carbons (Fsp3) is 0.538. The molecule has 1 amide bonds. The minimum Gasteiger partial charge on any atom is -0.390 e. The summed E-state index contributed by atoms with van der Waals surface area (Å²) in [7, 11) is 3.83. The Morgan fingerprint density at radius 2 is 2.22 bits per heavy atom. The Bertz CT molecular complexity index is 448. The summed E-state index contributed by atoms with van der Waals surface area (Å²) >= 11 is 0. The lowest BCUT2D eigenvalue weighted by atomic mass is 10.2. The van der Waals surface area contributed by atoms with Crippen molar-refractivity contribution in [2.75, 3.05) is 27.2 Å². The standard InChI is InChI=1S/C13H19N3O2/c1-9-10(5-4-6-14-9)13(18)16-7-11(15(2)3)12(17)8-16/h4-6,11-12,17H,7-8H2,1-3H3/t11-,12-/m1/s1. The van der Waals surface area contributed by atoms with Crippen molar-refractivity contribution in [2.24, 2.45) is 0 Å². The lowest BCUT2D eigenvalue weighted by Crippen LogP contribution is -2.38. The van der Waals surface area contributed by atoms with Crippen molar-refractivity contribution in [1.82, 2.24) is 14.8 Å².